The fraction of sp³-hybridized carbons (Fsp3) is 1.00. The second-order valence-electron chi connectivity index (χ2n) is 5.42. The summed E-state index contributed by atoms with van der Waals surface area (Å²) < 4.78 is 0. The van der Waals surface area contributed by atoms with Crippen molar-refractivity contribution >= 4 is 0 Å². The predicted octanol–water partition coefficient (Wildman–Crippen LogP) is 3.15. The van der Waals surface area contributed by atoms with Crippen molar-refractivity contribution in [1.82, 2.24) is 4.90 Å². The quantitative estimate of drug-likeness (QED) is 0.630. The van der Waals surface area contributed by atoms with Gasteiger partial charge in [-0.15, -0.1) is 0 Å². The van der Waals surface area contributed by atoms with E-state index in [-0.39, 0.29) is 0 Å². The maximum Gasteiger partial charge on any atom is 0.00415 e. The van der Waals surface area contributed by atoms with Gasteiger partial charge in [-0.25, -0.2) is 0 Å². The zero-order chi connectivity index (χ0) is 9.94. The van der Waals surface area contributed by atoms with E-state index >= 15 is 0 Å². The summed E-state index contributed by atoms with van der Waals surface area (Å²) in [5, 5.41) is 0. The van der Waals surface area contributed by atoms with Crippen molar-refractivity contribution in [3.8, 4) is 0 Å². The lowest BCUT2D eigenvalue weighted by Gasteiger charge is -2.36. The van der Waals surface area contributed by atoms with Crippen LogP contribution < -0.4 is 0 Å². The molecule has 1 nitrogen and oxygen atoms in total. The van der Waals surface area contributed by atoms with Gasteiger partial charge in [0.1, 0.15) is 0 Å². The molecule has 0 atom stereocenters. The summed E-state index contributed by atoms with van der Waals surface area (Å²) in [5.41, 5.74) is 0.411. The first-order chi connectivity index (χ1) is 5.24. The van der Waals surface area contributed by atoms with Gasteiger partial charge in [0.2, 0.25) is 0 Å². The van der Waals surface area contributed by atoms with E-state index in [0.29, 0.717) is 17.5 Å². The Morgan fingerprint density at radius 1 is 0.917 bits per heavy atom. The zero-order valence-corrected chi connectivity index (χ0v) is 9.81. The lowest BCUT2D eigenvalue weighted by Crippen LogP contribution is -2.42. The molecule has 0 unspecified atom stereocenters. The van der Waals surface area contributed by atoms with E-state index in [9.17, 15) is 0 Å². The lowest BCUT2D eigenvalue weighted by atomic mass is 9.94. The molecule has 0 amide bonds. The van der Waals surface area contributed by atoms with Crippen LogP contribution >= 0.6 is 0 Å². The van der Waals surface area contributed by atoms with Gasteiger partial charge in [0, 0.05) is 18.6 Å². The van der Waals surface area contributed by atoms with Crippen LogP contribution in [-0.2, 0) is 0 Å². The highest BCUT2D eigenvalue weighted by Gasteiger charge is 2.20. The van der Waals surface area contributed by atoms with Crippen LogP contribution in [0.25, 0.3) is 0 Å². The van der Waals surface area contributed by atoms with Gasteiger partial charge in [-0.1, -0.05) is 20.8 Å². The Kier molecular flexibility index (Phi) is 4.25. The molecule has 0 aromatic heterocycles. The third kappa shape index (κ3) is 4.76. The maximum atomic E-state index is 2.54. The topological polar surface area (TPSA) is 3.24 Å². The van der Waals surface area contributed by atoms with Crippen molar-refractivity contribution in [3.05, 3.63) is 0 Å². The van der Waals surface area contributed by atoms with Crippen LogP contribution in [0.1, 0.15) is 48.5 Å². The van der Waals surface area contributed by atoms with Gasteiger partial charge < -0.3 is 0 Å². The van der Waals surface area contributed by atoms with Crippen LogP contribution in [-0.4, -0.2) is 23.5 Å². The smallest absolute Gasteiger partial charge is 0.00415 e. The van der Waals surface area contributed by atoms with Crippen LogP contribution in [0.4, 0.5) is 0 Å². The van der Waals surface area contributed by atoms with Gasteiger partial charge in [0.15, 0.2) is 0 Å². The average Bonchev–Trinajstić information content (AvgIpc) is 1.79. The first-order valence-corrected chi connectivity index (χ1v) is 5.00. The molecule has 12 heavy (non-hydrogen) atoms. The normalized spacial score (nSPS) is 13.5. The first-order valence-electron chi connectivity index (χ1n) is 5.00. The summed E-state index contributed by atoms with van der Waals surface area (Å²) in [6, 6.07) is 1.31. The Morgan fingerprint density at radius 3 is 1.33 bits per heavy atom. The highest BCUT2D eigenvalue weighted by Crippen LogP contribution is 2.18. The van der Waals surface area contributed by atoms with Gasteiger partial charge in [0.25, 0.3) is 0 Å². The van der Waals surface area contributed by atoms with Gasteiger partial charge in [-0.05, 0) is 33.1 Å². The van der Waals surface area contributed by atoms with Crippen molar-refractivity contribution < 1.29 is 0 Å². The third-order valence-corrected chi connectivity index (χ3v) is 1.98. The van der Waals surface area contributed by atoms with Crippen LogP contribution in [0.5, 0.6) is 0 Å². The minimum atomic E-state index is 0.411. The predicted molar refractivity (Wildman–Crippen MR) is 56.4 cm³/mol. The van der Waals surface area contributed by atoms with Crippen LogP contribution in [0.15, 0.2) is 0 Å². The van der Waals surface area contributed by atoms with E-state index in [4.69, 9.17) is 0 Å². The minimum absolute atomic E-state index is 0.411. The second kappa shape index (κ2) is 4.27. The lowest BCUT2D eigenvalue weighted by molar-refractivity contribution is 0.120. The van der Waals surface area contributed by atoms with E-state index in [2.05, 4.69) is 53.4 Å². The summed E-state index contributed by atoms with van der Waals surface area (Å²) >= 11 is 0. The highest BCUT2D eigenvalue weighted by atomic mass is 15.2. The summed E-state index contributed by atoms with van der Waals surface area (Å²) in [4.78, 5) is 2.54. The standard InChI is InChI=1S/C11H25N/c1-9(2)12(10(3)4)8-11(5,6)7/h9-10H,8H2,1-7H3. The Balaban J connectivity index is 4.15. The molecule has 0 fully saturated rings. The largest absolute Gasteiger partial charge is 0.298 e. The molecule has 0 aliphatic heterocycles. The molecular formula is C11H25N. The minimum Gasteiger partial charge on any atom is -0.298 e. The van der Waals surface area contributed by atoms with Gasteiger partial charge >= 0.3 is 0 Å². The number of hydrogen-bond donors (Lipinski definition) is 0. The zero-order valence-electron chi connectivity index (χ0n) is 9.81. The molecule has 0 aliphatic carbocycles. The molecule has 0 aromatic carbocycles. The SMILES string of the molecule is CC(C)N(CC(C)(C)C)C(C)C. The van der Waals surface area contributed by atoms with Gasteiger partial charge in [-0.2, -0.15) is 0 Å². The Bertz CT molecular complexity index is 111. The number of rotatable bonds is 3. The molecule has 0 heterocycles. The first kappa shape index (κ1) is 12.0. The summed E-state index contributed by atoms with van der Waals surface area (Å²) in [5.74, 6) is 0. The van der Waals surface area contributed by atoms with E-state index in [0.717, 1.165) is 0 Å². The Hall–Kier alpha value is -0.0400. The maximum absolute atomic E-state index is 2.54. The van der Waals surface area contributed by atoms with Crippen LogP contribution in [0, 0.1) is 5.41 Å². The van der Waals surface area contributed by atoms with E-state index in [1.54, 1.807) is 0 Å². The van der Waals surface area contributed by atoms with Crippen LogP contribution in [0.3, 0.4) is 0 Å². The van der Waals surface area contributed by atoms with Crippen LogP contribution in [0.2, 0.25) is 0 Å². The van der Waals surface area contributed by atoms with E-state index in [1.165, 1.54) is 6.54 Å². The van der Waals surface area contributed by atoms with Crippen molar-refractivity contribution in [2.75, 3.05) is 6.54 Å². The fourth-order valence-electron chi connectivity index (χ4n) is 1.51. The molecule has 1 heteroatoms. The Morgan fingerprint density at radius 2 is 1.25 bits per heavy atom. The molecule has 0 rings (SSSR count). The molecule has 0 bridgehead atoms. The monoisotopic (exact) mass is 171 g/mol. The van der Waals surface area contributed by atoms with Crippen molar-refractivity contribution in [3.63, 3.8) is 0 Å². The summed E-state index contributed by atoms with van der Waals surface area (Å²) in [6.07, 6.45) is 0. The number of nitrogens with zero attached hydrogens (tertiary/aromatic N) is 1. The van der Waals surface area contributed by atoms with E-state index < -0.39 is 0 Å². The van der Waals surface area contributed by atoms with Crippen molar-refractivity contribution in [2.45, 2.75) is 60.5 Å². The third-order valence-electron chi connectivity index (χ3n) is 1.98. The fourth-order valence-corrected chi connectivity index (χ4v) is 1.51. The molecule has 0 saturated carbocycles. The van der Waals surface area contributed by atoms with Gasteiger partial charge in [0.05, 0.1) is 0 Å². The second-order valence-corrected chi connectivity index (χ2v) is 5.42. The van der Waals surface area contributed by atoms with Crippen molar-refractivity contribution in [2.24, 2.45) is 5.41 Å². The highest BCUT2D eigenvalue weighted by molar-refractivity contribution is 4.74. The van der Waals surface area contributed by atoms with Crippen molar-refractivity contribution in [1.29, 1.82) is 0 Å². The molecule has 0 aromatic rings. The molecule has 74 valence electrons. The van der Waals surface area contributed by atoms with Gasteiger partial charge in [-0.3, -0.25) is 4.90 Å². The average molecular weight is 171 g/mol. The molecule has 0 N–H and O–H groups in total. The molecule has 0 radical (unpaired) electrons. The summed E-state index contributed by atoms with van der Waals surface area (Å²) in [6.45, 7) is 17.2. The summed E-state index contributed by atoms with van der Waals surface area (Å²) in [7, 11) is 0. The van der Waals surface area contributed by atoms with E-state index in [1.807, 2.05) is 0 Å². The molecule has 0 aliphatic rings. The molecular weight excluding hydrogens is 146 g/mol. The Labute approximate surface area is 78.1 Å². The number of hydrogen-bond acceptors (Lipinski definition) is 1. The molecule has 0 spiro atoms. The molecule has 0 saturated heterocycles.